The molecule has 2 heterocycles. The van der Waals surface area contributed by atoms with Crippen molar-refractivity contribution in [1.82, 2.24) is 15.1 Å². The van der Waals surface area contributed by atoms with Crippen LogP contribution in [0.1, 0.15) is 25.0 Å². The quantitative estimate of drug-likeness (QED) is 0.614. The molecule has 0 aromatic carbocycles. The molecule has 1 saturated heterocycles. The van der Waals surface area contributed by atoms with Crippen molar-refractivity contribution in [3.8, 4) is 0 Å². The number of carbonyl (C=O) groups is 1. The van der Waals surface area contributed by atoms with Crippen LogP contribution >= 0.6 is 0 Å². The molecule has 1 aromatic rings. The number of nitrogens with zero attached hydrogens (tertiary/aromatic N) is 3. The van der Waals surface area contributed by atoms with Crippen LogP contribution in [-0.2, 0) is 16.1 Å². The molecule has 2 rings (SSSR count). The zero-order chi connectivity index (χ0) is 14.5. The van der Waals surface area contributed by atoms with Crippen molar-refractivity contribution in [3.05, 3.63) is 22.0 Å². The van der Waals surface area contributed by atoms with Crippen molar-refractivity contribution < 1.29 is 14.5 Å². The second kappa shape index (κ2) is 6.47. The number of aromatic nitrogens is 2. The third-order valence-corrected chi connectivity index (χ3v) is 3.38. The van der Waals surface area contributed by atoms with Crippen LogP contribution < -0.4 is 5.32 Å². The van der Waals surface area contributed by atoms with Gasteiger partial charge in [-0.15, -0.1) is 0 Å². The Kier molecular flexibility index (Phi) is 4.67. The maximum Gasteiger partial charge on any atom is 0.309 e. The van der Waals surface area contributed by atoms with E-state index in [2.05, 4.69) is 10.4 Å². The van der Waals surface area contributed by atoms with Crippen LogP contribution in [0, 0.1) is 17.0 Å². The van der Waals surface area contributed by atoms with Crippen LogP contribution in [0.15, 0.2) is 6.20 Å². The molecule has 0 saturated carbocycles. The summed E-state index contributed by atoms with van der Waals surface area (Å²) in [4.78, 5) is 21.9. The van der Waals surface area contributed by atoms with Crippen molar-refractivity contribution in [2.45, 2.75) is 38.8 Å². The van der Waals surface area contributed by atoms with Crippen molar-refractivity contribution >= 4 is 11.6 Å². The molecular weight excluding hydrogens is 264 g/mol. The minimum absolute atomic E-state index is 0.0234. The molecule has 20 heavy (non-hydrogen) atoms. The molecule has 1 atom stereocenters. The summed E-state index contributed by atoms with van der Waals surface area (Å²) in [6.07, 6.45) is 3.58. The Morgan fingerprint density at radius 2 is 2.50 bits per heavy atom. The van der Waals surface area contributed by atoms with E-state index in [1.165, 1.54) is 10.9 Å². The first-order valence-corrected chi connectivity index (χ1v) is 6.63. The molecule has 1 fully saturated rings. The molecule has 8 nitrogen and oxygen atoms in total. The Morgan fingerprint density at radius 1 is 1.70 bits per heavy atom. The lowest BCUT2D eigenvalue weighted by molar-refractivity contribution is -0.385. The van der Waals surface area contributed by atoms with Gasteiger partial charge in [-0.3, -0.25) is 19.6 Å². The summed E-state index contributed by atoms with van der Waals surface area (Å²) >= 11 is 0. The lowest BCUT2D eigenvalue weighted by atomic mass is 10.2. The number of nitro groups is 1. The summed E-state index contributed by atoms with van der Waals surface area (Å²) in [7, 11) is 0. The van der Waals surface area contributed by atoms with Gasteiger partial charge in [0.15, 0.2) is 0 Å². The smallest absolute Gasteiger partial charge is 0.309 e. The van der Waals surface area contributed by atoms with Crippen LogP contribution in [0.25, 0.3) is 0 Å². The predicted octanol–water partition coefficient (Wildman–Crippen LogP) is 0.785. The summed E-state index contributed by atoms with van der Waals surface area (Å²) in [6.45, 7) is 3.24. The minimum Gasteiger partial charge on any atom is -0.376 e. The molecule has 0 aliphatic carbocycles. The van der Waals surface area contributed by atoms with E-state index in [9.17, 15) is 14.9 Å². The van der Waals surface area contributed by atoms with E-state index in [0.29, 0.717) is 18.8 Å². The molecule has 1 aliphatic rings. The van der Waals surface area contributed by atoms with E-state index < -0.39 is 4.92 Å². The normalized spacial score (nSPS) is 18.1. The molecule has 1 aromatic heterocycles. The van der Waals surface area contributed by atoms with Crippen molar-refractivity contribution in [3.63, 3.8) is 0 Å². The summed E-state index contributed by atoms with van der Waals surface area (Å²) in [5.74, 6) is -0.0990. The Hall–Kier alpha value is -1.96. The van der Waals surface area contributed by atoms with Gasteiger partial charge in [0.2, 0.25) is 5.91 Å². The van der Waals surface area contributed by atoms with Gasteiger partial charge in [-0.2, -0.15) is 5.10 Å². The molecule has 0 spiro atoms. The number of amides is 1. The highest BCUT2D eigenvalue weighted by Crippen LogP contribution is 2.16. The molecular formula is C12H18N4O4. The van der Waals surface area contributed by atoms with Gasteiger partial charge in [-0.25, -0.2) is 0 Å². The van der Waals surface area contributed by atoms with Crippen molar-refractivity contribution in [2.75, 3.05) is 13.2 Å². The van der Waals surface area contributed by atoms with Crippen LogP contribution in [0.5, 0.6) is 0 Å². The van der Waals surface area contributed by atoms with E-state index in [1.54, 1.807) is 6.92 Å². The molecule has 0 bridgehead atoms. The lowest BCUT2D eigenvalue weighted by Crippen LogP contribution is -2.32. The number of hydrogen-bond acceptors (Lipinski definition) is 5. The molecule has 1 aliphatic heterocycles. The first-order chi connectivity index (χ1) is 9.58. The minimum atomic E-state index is -0.476. The molecule has 0 radical (unpaired) electrons. The van der Waals surface area contributed by atoms with E-state index in [1.807, 2.05) is 0 Å². The fourth-order valence-corrected chi connectivity index (χ4v) is 2.17. The topological polar surface area (TPSA) is 99.3 Å². The molecule has 1 amide bonds. The standard InChI is InChI=1S/C12H18N4O4/c1-9-11(16(18)19)8-14-15(9)5-4-12(17)13-7-10-3-2-6-20-10/h8,10H,2-7H2,1H3,(H,13,17)/t10-/m1/s1. The SMILES string of the molecule is Cc1c([N+](=O)[O-])cnn1CCC(=O)NC[C@H]1CCCO1. The van der Waals surface area contributed by atoms with E-state index >= 15 is 0 Å². The Morgan fingerprint density at radius 3 is 3.10 bits per heavy atom. The van der Waals surface area contributed by atoms with E-state index in [-0.39, 0.29) is 24.1 Å². The number of nitrogens with one attached hydrogen (secondary N) is 1. The van der Waals surface area contributed by atoms with Gasteiger partial charge in [-0.05, 0) is 19.8 Å². The highest BCUT2D eigenvalue weighted by atomic mass is 16.6. The Labute approximate surface area is 116 Å². The fourth-order valence-electron chi connectivity index (χ4n) is 2.17. The second-order valence-electron chi connectivity index (χ2n) is 4.78. The van der Waals surface area contributed by atoms with Crippen molar-refractivity contribution in [2.24, 2.45) is 0 Å². The first-order valence-electron chi connectivity index (χ1n) is 6.63. The lowest BCUT2D eigenvalue weighted by Gasteiger charge is -2.10. The number of aryl methyl sites for hydroxylation is 1. The monoisotopic (exact) mass is 282 g/mol. The third kappa shape index (κ3) is 3.53. The maximum absolute atomic E-state index is 11.7. The Balaban J connectivity index is 1.76. The van der Waals surface area contributed by atoms with Gasteiger partial charge in [0.05, 0.1) is 17.6 Å². The molecule has 8 heteroatoms. The average Bonchev–Trinajstić information content (AvgIpc) is 3.03. The van der Waals surface area contributed by atoms with Gasteiger partial charge < -0.3 is 10.1 Å². The summed E-state index contributed by atoms with van der Waals surface area (Å²) in [6, 6.07) is 0. The van der Waals surface area contributed by atoms with Crippen molar-refractivity contribution in [1.29, 1.82) is 0 Å². The predicted molar refractivity (Wildman–Crippen MR) is 70.2 cm³/mol. The summed E-state index contributed by atoms with van der Waals surface area (Å²) in [5.41, 5.74) is 0.437. The zero-order valence-electron chi connectivity index (χ0n) is 11.4. The number of rotatable bonds is 6. The number of ether oxygens (including phenoxy) is 1. The largest absolute Gasteiger partial charge is 0.376 e. The summed E-state index contributed by atoms with van der Waals surface area (Å²) in [5, 5.41) is 17.4. The van der Waals surface area contributed by atoms with E-state index in [4.69, 9.17) is 4.74 Å². The van der Waals surface area contributed by atoms with Gasteiger partial charge in [-0.1, -0.05) is 0 Å². The molecule has 0 unspecified atom stereocenters. The van der Waals surface area contributed by atoms with E-state index in [0.717, 1.165) is 19.4 Å². The Bertz CT molecular complexity index is 494. The zero-order valence-corrected chi connectivity index (χ0v) is 11.4. The van der Waals surface area contributed by atoms with Crippen LogP contribution in [-0.4, -0.2) is 39.9 Å². The van der Waals surface area contributed by atoms with Gasteiger partial charge in [0.1, 0.15) is 11.9 Å². The van der Waals surface area contributed by atoms with Gasteiger partial charge in [0, 0.05) is 19.6 Å². The third-order valence-electron chi connectivity index (χ3n) is 3.38. The van der Waals surface area contributed by atoms with Crippen LogP contribution in [0.2, 0.25) is 0 Å². The summed E-state index contributed by atoms with van der Waals surface area (Å²) < 4.78 is 6.88. The van der Waals surface area contributed by atoms with Gasteiger partial charge >= 0.3 is 5.69 Å². The first kappa shape index (κ1) is 14.4. The highest BCUT2D eigenvalue weighted by molar-refractivity contribution is 5.75. The molecule has 110 valence electrons. The van der Waals surface area contributed by atoms with Crippen LogP contribution in [0.4, 0.5) is 5.69 Å². The second-order valence-corrected chi connectivity index (χ2v) is 4.78. The average molecular weight is 282 g/mol. The highest BCUT2D eigenvalue weighted by Gasteiger charge is 2.18. The molecule has 1 N–H and O–H groups in total. The number of hydrogen-bond donors (Lipinski definition) is 1. The number of carbonyl (C=O) groups excluding carboxylic acids is 1. The maximum atomic E-state index is 11.7. The van der Waals surface area contributed by atoms with Gasteiger partial charge in [0.25, 0.3) is 0 Å². The fraction of sp³-hybridized carbons (Fsp3) is 0.667. The van der Waals surface area contributed by atoms with Crippen LogP contribution in [0.3, 0.4) is 0 Å².